The molecule has 0 aliphatic rings. The third-order valence-electron chi connectivity index (χ3n) is 2.24. The van der Waals surface area contributed by atoms with E-state index in [1.807, 2.05) is 6.92 Å². The summed E-state index contributed by atoms with van der Waals surface area (Å²) in [4.78, 5) is 8.51. The predicted octanol–water partition coefficient (Wildman–Crippen LogP) is 2.54. The number of aromatic nitrogens is 1. The molecule has 0 atom stereocenters. The summed E-state index contributed by atoms with van der Waals surface area (Å²) in [5.41, 5.74) is 0. The molecule has 1 heterocycles. The molecule has 1 aromatic heterocycles. The molecule has 7 heteroatoms. The molecule has 0 aromatic carbocycles. The van der Waals surface area contributed by atoms with Crippen molar-refractivity contribution in [3.8, 4) is 0 Å². The van der Waals surface area contributed by atoms with Crippen molar-refractivity contribution in [2.24, 2.45) is 4.99 Å². The summed E-state index contributed by atoms with van der Waals surface area (Å²) < 4.78 is 0. The number of aliphatic imine (C=N–C) groups is 1. The Bertz CT molecular complexity index is 462. The minimum absolute atomic E-state index is 0.498. The van der Waals surface area contributed by atoms with E-state index in [9.17, 15) is 0 Å². The summed E-state index contributed by atoms with van der Waals surface area (Å²) in [6.45, 7) is 8.36. The standard InChI is InChI=1S/C13H19Cl2N5/c1-3-5-18-13(16-4-2)19-7-6-17-12-11(15)8-10(14)9-20-12/h3,8-9H,1,4-7H2,2H3,(H,17,20)(H2,16,18,19). The molecule has 0 fully saturated rings. The Balaban J connectivity index is 2.43. The Morgan fingerprint density at radius 2 is 2.25 bits per heavy atom. The summed E-state index contributed by atoms with van der Waals surface area (Å²) in [5, 5.41) is 10.4. The lowest BCUT2D eigenvalue weighted by molar-refractivity contribution is 0.859. The summed E-state index contributed by atoms with van der Waals surface area (Å²) >= 11 is 11.8. The maximum atomic E-state index is 6.01. The van der Waals surface area contributed by atoms with Crippen LogP contribution in [0.2, 0.25) is 10.0 Å². The Kier molecular flexibility index (Phi) is 7.84. The maximum Gasteiger partial charge on any atom is 0.191 e. The van der Waals surface area contributed by atoms with Crippen LogP contribution in [0.5, 0.6) is 0 Å². The first-order chi connectivity index (χ1) is 9.67. The van der Waals surface area contributed by atoms with Gasteiger partial charge in [-0.2, -0.15) is 0 Å². The first kappa shape index (κ1) is 16.6. The van der Waals surface area contributed by atoms with Crippen molar-refractivity contribution >= 4 is 35.0 Å². The molecule has 0 spiro atoms. The number of hydrogen-bond acceptors (Lipinski definition) is 3. The Morgan fingerprint density at radius 3 is 2.90 bits per heavy atom. The fourth-order valence-electron chi connectivity index (χ4n) is 1.40. The van der Waals surface area contributed by atoms with Crippen molar-refractivity contribution < 1.29 is 0 Å². The number of halogens is 2. The molecular weight excluding hydrogens is 297 g/mol. The largest absolute Gasteiger partial charge is 0.367 e. The quantitative estimate of drug-likeness (QED) is 0.313. The lowest BCUT2D eigenvalue weighted by Gasteiger charge is -2.10. The summed E-state index contributed by atoms with van der Waals surface area (Å²) in [5.74, 6) is 1.36. The molecular formula is C13H19Cl2N5. The van der Waals surface area contributed by atoms with E-state index in [2.05, 4.69) is 32.5 Å². The third-order valence-corrected chi connectivity index (χ3v) is 2.73. The first-order valence-corrected chi connectivity index (χ1v) is 7.11. The van der Waals surface area contributed by atoms with E-state index in [1.165, 1.54) is 0 Å². The van der Waals surface area contributed by atoms with E-state index in [-0.39, 0.29) is 0 Å². The maximum absolute atomic E-state index is 6.01. The highest BCUT2D eigenvalue weighted by Gasteiger charge is 2.01. The van der Waals surface area contributed by atoms with E-state index < -0.39 is 0 Å². The molecule has 0 aliphatic heterocycles. The molecule has 0 unspecified atom stereocenters. The molecule has 0 saturated carbocycles. The van der Waals surface area contributed by atoms with E-state index in [1.54, 1.807) is 18.3 Å². The topological polar surface area (TPSA) is 61.3 Å². The van der Waals surface area contributed by atoms with Crippen molar-refractivity contribution in [1.29, 1.82) is 0 Å². The van der Waals surface area contributed by atoms with E-state index in [4.69, 9.17) is 23.2 Å². The van der Waals surface area contributed by atoms with Gasteiger partial charge in [-0.3, -0.25) is 4.99 Å². The predicted molar refractivity (Wildman–Crippen MR) is 86.9 cm³/mol. The highest BCUT2D eigenvalue weighted by Crippen LogP contribution is 2.21. The summed E-state index contributed by atoms with van der Waals surface area (Å²) in [6, 6.07) is 1.65. The molecule has 1 aromatic rings. The lowest BCUT2D eigenvalue weighted by Crippen LogP contribution is -2.37. The van der Waals surface area contributed by atoms with Gasteiger partial charge in [-0.25, -0.2) is 4.98 Å². The van der Waals surface area contributed by atoms with Crippen molar-refractivity contribution in [2.75, 3.05) is 31.5 Å². The molecule has 1 rings (SSSR count). The van der Waals surface area contributed by atoms with Gasteiger partial charge >= 0.3 is 0 Å². The van der Waals surface area contributed by atoms with Gasteiger partial charge in [0.25, 0.3) is 0 Å². The molecule has 0 radical (unpaired) electrons. The van der Waals surface area contributed by atoms with Crippen molar-refractivity contribution in [3.05, 3.63) is 35.0 Å². The number of pyridine rings is 1. The highest BCUT2D eigenvalue weighted by atomic mass is 35.5. The second-order valence-electron chi connectivity index (χ2n) is 3.84. The van der Waals surface area contributed by atoms with Crippen LogP contribution in [-0.2, 0) is 0 Å². The summed E-state index contributed by atoms with van der Waals surface area (Å²) in [6.07, 6.45) is 3.33. The van der Waals surface area contributed by atoms with Gasteiger partial charge in [0.05, 0.1) is 16.6 Å². The first-order valence-electron chi connectivity index (χ1n) is 6.35. The minimum atomic E-state index is 0.498. The van der Waals surface area contributed by atoms with Gasteiger partial charge in [0.2, 0.25) is 0 Å². The normalized spacial score (nSPS) is 11.1. The smallest absolute Gasteiger partial charge is 0.191 e. The Hall–Kier alpha value is -1.46. The number of rotatable bonds is 7. The van der Waals surface area contributed by atoms with Gasteiger partial charge in [-0.05, 0) is 13.0 Å². The summed E-state index contributed by atoms with van der Waals surface area (Å²) in [7, 11) is 0. The zero-order chi connectivity index (χ0) is 14.8. The van der Waals surface area contributed by atoms with Crippen LogP contribution in [-0.4, -0.2) is 37.1 Å². The van der Waals surface area contributed by atoms with Crippen LogP contribution in [0.1, 0.15) is 6.92 Å². The minimum Gasteiger partial charge on any atom is -0.367 e. The zero-order valence-electron chi connectivity index (χ0n) is 11.4. The number of guanidine groups is 1. The lowest BCUT2D eigenvalue weighted by atomic mass is 10.4. The van der Waals surface area contributed by atoms with Crippen LogP contribution in [0.3, 0.4) is 0 Å². The molecule has 3 N–H and O–H groups in total. The van der Waals surface area contributed by atoms with E-state index in [0.29, 0.717) is 35.5 Å². The zero-order valence-corrected chi connectivity index (χ0v) is 12.9. The molecule has 5 nitrogen and oxygen atoms in total. The number of nitrogens with one attached hydrogen (secondary N) is 3. The van der Waals surface area contributed by atoms with Crippen LogP contribution < -0.4 is 16.0 Å². The average molecular weight is 316 g/mol. The van der Waals surface area contributed by atoms with Crippen molar-refractivity contribution in [3.63, 3.8) is 0 Å². The Morgan fingerprint density at radius 1 is 1.45 bits per heavy atom. The monoisotopic (exact) mass is 315 g/mol. The highest BCUT2D eigenvalue weighted by molar-refractivity contribution is 6.35. The van der Waals surface area contributed by atoms with Gasteiger partial charge < -0.3 is 16.0 Å². The van der Waals surface area contributed by atoms with Crippen LogP contribution in [0.4, 0.5) is 5.82 Å². The van der Waals surface area contributed by atoms with Crippen molar-refractivity contribution in [2.45, 2.75) is 6.92 Å². The molecule has 0 amide bonds. The third kappa shape index (κ3) is 6.12. The number of hydrogen-bond donors (Lipinski definition) is 3. The second-order valence-corrected chi connectivity index (χ2v) is 4.68. The van der Waals surface area contributed by atoms with Gasteiger partial charge in [0.1, 0.15) is 5.82 Å². The fraction of sp³-hybridized carbons (Fsp3) is 0.385. The molecule has 0 bridgehead atoms. The van der Waals surface area contributed by atoms with Crippen molar-refractivity contribution in [1.82, 2.24) is 15.6 Å². The van der Waals surface area contributed by atoms with Gasteiger partial charge in [-0.1, -0.05) is 29.3 Å². The number of nitrogens with zero attached hydrogens (tertiary/aromatic N) is 2. The molecule has 110 valence electrons. The SMILES string of the molecule is C=CCNC(=NCCNc1ncc(Cl)cc1Cl)NCC. The molecule has 20 heavy (non-hydrogen) atoms. The van der Waals surface area contributed by atoms with Crippen LogP contribution in [0, 0.1) is 0 Å². The van der Waals surface area contributed by atoms with Crippen LogP contribution in [0.25, 0.3) is 0 Å². The van der Waals surface area contributed by atoms with Gasteiger partial charge in [0.15, 0.2) is 5.96 Å². The molecule has 0 aliphatic carbocycles. The van der Waals surface area contributed by atoms with Gasteiger partial charge in [0, 0.05) is 25.8 Å². The van der Waals surface area contributed by atoms with E-state index in [0.717, 1.165) is 12.5 Å². The second kappa shape index (κ2) is 9.44. The fourth-order valence-corrected chi connectivity index (χ4v) is 1.84. The average Bonchev–Trinajstić information content (AvgIpc) is 2.42. The van der Waals surface area contributed by atoms with Gasteiger partial charge in [-0.15, -0.1) is 6.58 Å². The van der Waals surface area contributed by atoms with Crippen LogP contribution >= 0.6 is 23.2 Å². The van der Waals surface area contributed by atoms with Crippen LogP contribution in [0.15, 0.2) is 29.9 Å². The number of anilines is 1. The molecule has 0 saturated heterocycles. The van der Waals surface area contributed by atoms with E-state index >= 15 is 0 Å². The Labute approximate surface area is 129 Å².